The Hall–Kier alpha value is -4.20. The number of carbonyl (C=O) groups is 1. The quantitative estimate of drug-likeness (QED) is 0.372. The molecule has 4 rings (SSSR count). The molecule has 0 saturated carbocycles. The SMILES string of the molecule is COc1ccc(/C=N/NC(=O)c2cc(-c3c(C)nn(-c4ccccc4)c3C)n[nH]2)cc1. The number of hydrogen-bond donors (Lipinski definition) is 2. The monoisotopic (exact) mass is 414 g/mol. The van der Waals surface area contributed by atoms with Crippen LogP contribution in [0.15, 0.2) is 65.8 Å². The first-order valence-electron chi connectivity index (χ1n) is 9.71. The van der Waals surface area contributed by atoms with Crippen molar-refractivity contribution in [3.05, 3.63) is 83.3 Å². The average Bonchev–Trinajstić information content (AvgIpc) is 3.39. The van der Waals surface area contributed by atoms with Crippen LogP contribution in [-0.4, -0.2) is 39.2 Å². The van der Waals surface area contributed by atoms with Gasteiger partial charge in [0.2, 0.25) is 0 Å². The molecule has 0 fully saturated rings. The molecule has 0 saturated heterocycles. The summed E-state index contributed by atoms with van der Waals surface area (Å²) in [5.74, 6) is 0.376. The predicted molar refractivity (Wildman–Crippen MR) is 119 cm³/mol. The van der Waals surface area contributed by atoms with Crippen LogP contribution in [0.2, 0.25) is 0 Å². The molecule has 0 unspecified atom stereocenters. The smallest absolute Gasteiger partial charge is 0.289 e. The minimum Gasteiger partial charge on any atom is -0.497 e. The lowest BCUT2D eigenvalue weighted by Crippen LogP contribution is -2.17. The van der Waals surface area contributed by atoms with E-state index in [9.17, 15) is 4.79 Å². The average molecular weight is 414 g/mol. The van der Waals surface area contributed by atoms with Crippen molar-refractivity contribution in [3.8, 4) is 22.7 Å². The zero-order valence-corrected chi connectivity index (χ0v) is 17.5. The molecule has 0 aliphatic carbocycles. The number of aryl methyl sites for hydroxylation is 1. The van der Waals surface area contributed by atoms with Gasteiger partial charge in [-0.1, -0.05) is 18.2 Å². The fourth-order valence-electron chi connectivity index (χ4n) is 3.32. The van der Waals surface area contributed by atoms with Crippen molar-refractivity contribution >= 4 is 12.1 Å². The molecule has 156 valence electrons. The molecular formula is C23H22N6O2. The van der Waals surface area contributed by atoms with Gasteiger partial charge in [0, 0.05) is 5.56 Å². The highest BCUT2D eigenvalue weighted by molar-refractivity contribution is 5.94. The number of rotatable bonds is 6. The topological polar surface area (TPSA) is 97.2 Å². The number of amides is 1. The third-order valence-electron chi connectivity index (χ3n) is 4.87. The molecule has 0 spiro atoms. The van der Waals surface area contributed by atoms with Gasteiger partial charge in [0.15, 0.2) is 0 Å². The van der Waals surface area contributed by atoms with Gasteiger partial charge in [0.1, 0.15) is 11.4 Å². The molecule has 0 bridgehead atoms. The van der Waals surface area contributed by atoms with E-state index < -0.39 is 0 Å². The minimum absolute atomic E-state index is 0.313. The first-order chi connectivity index (χ1) is 15.1. The van der Waals surface area contributed by atoms with E-state index in [1.54, 1.807) is 19.4 Å². The molecule has 1 amide bonds. The highest BCUT2D eigenvalue weighted by atomic mass is 16.5. The lowest BCUT2D eigenvalue weighted by molar-refractivity contribution is 0.0950. The number of H-pyrrole nitrogens is 1. The number of nitrogens with zero attached hydrogens (tertiary/aromatic N) is 4. The number of hydrazone groups is 1. The largest absolute Gasteiger partial charge is 0.497 e. The molecule has 31 heavy (non-hydrogen) atoms. The van der Waals surface area contributed by atoms with Crippen LogP contribution >= 0.6 is 0 Å². The van der Waals surface area contributed by atoms with E-state index in [0.29, 0.717) is 11.4 Å². The number of aromatic amines is 1. The summed E-state index contributed by atoms with van der Waals surface area (Å²) in [5, 5.41) is 15.7. The van der Waals surface area contributed by atoms with Crippen LogP contribution < -0.4 is 10.2 Å². The van der Waals surface area contributed by atoms with Gasteiger partial charge in [-0.2, -0.15) is 15.3 Å². The van der Waals surface area contributed by atoms with E-state index in [1.807, 2.05) is 73.1 Å². The summed E-state index contributed by atoms with van der Waals surface area (Å²) in [6.45, 7) is 3.91. The van der Waals surface area contributed by atoms with Crippen molar-refractivity contribution in [1.82, 2.24) is 25.4 Å². The van der Waals surface area contributed by atoms with Crippen molar-refractivity contribution < 1.29 is 9.53 Å². The Morgan fingerprint density at radius 2 is 1.87 bits per heavy atom. The second kappa shape index (κ2) is 8.66. The Labute approximate surface area is 179 Å². The number of ether oxygens (including phenoxy) is 1. The van der Waals surface area contributed by atoms with Gasteiger partial charge in [0.05, 0.1) is 36.1 Å². The van der Waals surface area contributed by atoms with Crippen LogP contribution in [0.3, 0.4) is 0 Å². The standard InChI is InChI=1S/C23H22N6O2/c1-15-22(16(2)29(28-15)18-7-5-4-6-8-18)20-13-21(26-25-20)23(30)27-24-14-17-9-11-19(31-3)12-10-17/h4-14H,1-3H3,(H,25,26)(H,27,30)/b24-14+. The van der Waals surface area contributed by atoms with Crippen LogP contribution in [0.5, 0.6) is 5.75 Å². The van der Waals surface area contributed by atoms with Crippen molar-refractivity contribution in [2.45, 2.75) is 13.8 Å². The second-order valence-electron chi connectivity index (χ2n) is 6.93. The van der Waals surface area contributed by atoms with E-state index in [1.165, 1.54) is 0 Å². The van der Waals surface area contributed by atoms with Crippen LogP contribution in [0, 0.1) is 13.8 Å². The van der Waals surface area contributed by atoms with Crippen LogP contribution in [0.1, 0.15) is 27.4 Å². The molecule has 2 aromatic heterocycles. The molecule has 8 heteroatoms. The van der Waals surface area contributed by atoms with Gasteiger partial charge in [-0.15, -0.1) is 0 Å². The van der Waals surface area contributed by atoms with Crippen LogP contribution in [-0.2, 0) is 0 Å². The maximum absolute atomic E-state index is 12.4. The number of benzene rings is 2. The van der Waals surface area contributed by atoms with E-state index in [-0.39, 0.29) is 5.91 Å². The highest BCUT2D eigenvalue weighted by Crippen LogP contribution is 2.27. The van der Waals surface area contributed by atoms with Gasteiger partial charge in [-0.25, -0.2) is 10.1 Å². The maximum Gasteiger partial charge on any atom is 0.289 e. The molecule has 2 N–H and O–H groups in total. The second-order valence-corrected chi connectivity index (χ2v) is 6.93. The molecule has 0 aliphatic heterocycles. The van der Waals surface area contributed by atoms with E-state index in [4.69, 9.17) is 4.74 Å². The number of nitrogens with one attached hydrogen (secondary N) is 2. The summed E-state index contributed by atoms with van der Waals surface area (Å²) >= 11 is 0. The Morgan fingerprint density at radius 3 is 2.58 bits per heavy atom. The summed E-state index contributed by atoms with van der Waals surface area (Å²) in [7, 11) is 1.61. The number of para-hydroxylation sites is 1. The first kappa shape index (κ1) is 20.1. The third kappa shape index (κ3) is 4.23. The Bertz CT molecular complexity index is 1220. The fraction of sp³-hybridized carbons (Fsp3) is 0.130. The third-order valence-corrected chi connectivity index (χ3v) is 4.87. The summed E-state index contributed by atoms with van der Waals surface area (Å²) in [6.07, 6.45) is 1.56. The molecule has 0 radical (unpaired) electrons. The molecule has 4 aromatic rings. The van der Waals surface area contributed by atoms with Crippen molar-refractivity contribution in [3.63, 3.8) is 0 Å². The van der Waals surface area contributed by atoms with E-state index in [2.05, 4.69) is 25.8 Å². The predicted octanol–water partition coefficient (Wildman–Crippen LogP) is 3.65. The lowest BCUT2D eigenvalue weighted by Gasteiger charge is -2.04. The van der Waals surface area contributed by atoms with Gasteiger partial charge in [-0.05, 0) is 61.9 Å². The number of aromatic nitrogens is 4. The molecule has 0 atom stereocenters. The van der Waals surface area contributed by atoms with E-state index >= 15 is 0 Å². The molecule has 2 aromatic carbocycles. The maximum atomic E-state index is 12.4. The summed E-state index contributed by atoms with van der Waals surface area (Å²) in [4.78, 5) is 12.4. The normalized spacial score (nSPS) is 11.1. The zero-order valence-electron chi connectivity index (χ0n) is 17.5. The molecule has 0 aliphatic rings. The van der Waals surface area contributed by atoms with E-state index in [0.717, 1.165) is 34.0 Å². The minimum atomic E-state index is -0.380. The van der Waals surface area contributed by atoms with Crippen molar-refractivity contribution in [2.24, 2.45) is 5.10 Å². The number of carbonyl (C=O) groups excluding carboxylic acids is 1. The van der Waals surface area contributed by atoms with Crippen molar-refractivity contribution in [2.75, 3.05) is 7.11 Å². The number of hydrogen-bond acceptors (Lipinski definition) is 5. The fourth-order valence-corrected chi connectivity index (χ4v) is 3.32. The van der Waals surface area contributed by atoms with Crippen molar-refractivity contribution in [1.29, 1.82) is 0 Å². The Morgan fingerprint density at radius 1 is 1.13 bits per heavy atom. The summed E-state index contributed by atoms with van der Waals surface area (Å²) in [5.41, 5.74) is 7.95. The van der Waals surface area contributed by atoms with Crippen LogP contribution in [0.25, 0.3) is 16.9 Å². The highest BCUT2D eigenvalue weighted by Gasteiger charge is 2.18. The lowest BCUT2D eigenvalue weighted by atomic mass is 10.1. The summed E-state index contributed by atoms with van der Waals surface area (Å²) < 4.78 is 6.99. The Kier molecular flexibility index (Phi) is 5.61. The van der Waals surface area contributed by atoms with Gasteiger partial charge < -0.3 is 4.74 Å². The first-order valence-corrected chi connectivity index (χ1v) is 9.71. The molecule has 8 nitrogen and oxygen atoms in total. The van der Waals surface area contributed by atoms with Gasteiger partial charge in [0.25, 0.3) is 5.91 Å². The zero-order chi connectivity index (χ0) is 21.8. The molecule has 2 heterocycles. The number of methoxy groups -OCH3 is 1. The van der Waals surface area contributed by atoms with Gasteiger partial charge >= 0.3 is 0 Å². The van der Waals surface area contributed by atoms with Gasteiger partial charge in [-0.3, -0.25) is 9.89 Å². The summed E-state index contributed by atoms with van der Waals surface area (Å²) in [6, 6.07) is 18.9. The Balaban J connectivity index is 1.50. The molecular weight excluding hydrogens is 392 g/mol. The van der Waals surface area contributed by atoms with Crippen LogP contribution in [0.4, 0.5) is 0 Å².